The first-order chi connectivity index (χ1) is 16.6. The predicted molar refractivity (Wildman–Crippen MR) is 127 cm³/mol. The summed E-state index contributed by atoms with van der Waals surface area (Å²) in [6, 6.07) is 15.4. The number of hydrogen-bond acceptors (Lipinski definition) is 8. The fourth-order valence-corrected chi connectivity index (χ4v) is 4.64. The normalized spacial score (nSPS) is 13.5. The van der Waals surface area contributed by atoms with Gasteiger partial charge in [0, 0.05) is 17.3 Å². The monoisotopic (exact) mass is 471 g/mol. The number of rotatable bonds is 3. The second-order valence-electron chi connectivity index (χ2n) is 7.68. The predicted octanol–water partition coefficient (Wildman–Crippen LogP) is 1.99. The lowest BCUT2D eigenvalue weighted by atomic mass is 10.1. The van der Waals surface area contributed by atoms with Gasteiger partial charge in [-0.25, -0.2) is 4.68 Å². The van der Waals surface area contributed by atoms with E-state index < -0.39 is 5.56 Å². The average molecular weight is 471 g/mol. The topological polar surface area (TPSA) is 101 Å². The van der Waals surface area contributed by atoms with E-state index in [2.05, 4.69) is 10.1 Å². The van der Waals surface area contributed by atoms with Crippen molar-refractivity contribution in [2.24, 2.45) is 0 Å². The summed E-state index contributed by atoms with van der Waals surface area (Å²) in [5.41, 5.74) is 2.49. The Morgan fingerprint density at radius 1 is 1.00 bits per heavy atom. The molecule has 9 nitrogen and oxygen atoms in total. The number of fused-ring (bicyclic) bond motifs is 2. The van der Waals surface area contributed by atoms with E-state index in [0.29, 0.717) is 34.9 Å². The number of benzene rings is 2. The quantitative estimate of drug-likeness (QED) is 0.397. The Kier molecular flexibility index (Phi) is 4.73. The number of thiazole rings is 1. The van der Waals surface area contributed by atoms with Crippen LogP contribution in [0.5, 0.6) is 11.5 Å². The minimum Gasteiger partial charge on any atom is -0.486 e. The molecule has 168 valence electrons. The van der Waals surface area contributed by atoms with Gasteiger partial charge in [0.2, 0.25) is 4.96 Å². The van der Waals surface area contributed by atoms with E-state index in [-0.39, 0.29) is 16.2 Å². The second kappa shape index (κ2) is 7.92. The van der Waals surface area contributed by atoms with Crippen LogP contribution in [0, 0.1) is 6.92 Å². The van der Waals surface area contributed by atoms with E-state index in [4.69, 9.17) is 14.6 Å². The highest BCUT2D eigenvalue weighted by molar-refractivity contribution is 7.15. The largest absolute Gasteiger partial charge is 0.486 e. The van der Waals surface area contributed by atoms with Crippen LogP contribution in [0.15, 0.2) is 64.3 Å². The lowest BCUT2D eigenvalue weighted by molar-refractivity contribution is 0.171. The highest BCUT2D eigenvalue weighted by Gasteiger charge is 2.17. The van der Waals surface area contributed by atoms with Crippen LogP contribution in [0.25, 0.3) is 28.0 Å². The molecule has 0 unspecified atom stereocenters. The molecular weight excluding hydrogens is 454 g/mol. The first-order valence-corrected chi connectivity index (χ1v) is 11.4. The molecule has 0 aliphatic carbocycles. The van der Waals surface area contributed by atoms with Gasteiger partial charge < -0.3 is 9.47 Å². The third-order valence-corrected chi connectivity index (χ3v) is 6.37. The Labute approximate surface area is 196 Å². The van der Waals surface area contributed by atoms with Crippen molar-refractivity contribution in [2.45, 2.75) is 6.92 Å². The molecule has 0 fully saturated rings. The highest BCUT2D eigenvalue weighted by Crippen LogP contribution is 2.35. The third kappa shape index (κ3) is 3.44. The molecule has 1 aliphatic heterocycles. The lowest BCUT2D eigenvalue weighted by Crippen LogP contribution is -2.27. The summed E-state index contributed by atoms with van der Waals surface area (Å²) in [6.45, 7) is 2.52. The molecule has 2 aromatic carbocycles. The van der Waals surface area contributed by atoms with E-state index in [9.17, 15) is 9.59 Å². The zero-order valence-corrected chi connectivity index (χ0v) is 18.8. The first-order valence-electron chi connectivity index (χ1n) is 10.5. The van der Waals surface area contributed by atoms with Gasteiger partial charge in [0.15, 0.2) is 11.5 Å². The second-order valence-corrected chi connectivity index (χ2v) is 8.69. The van der Waals surface area contributed by atoms with Crippen LogP contribution in [0.4, 0.5) is 0 Å². The fraction of sp³-hybridized carbons (Fsp3) is 0.125. The van der Waals surface area contributed by atoms with Crippen LogP contribution in [0.3, 0.4) is 0 Å². The number of para-hydroxylation sites is 1. The Morgan fingerprint density at radius 2 is 1.79 bits per heavy atom. The van der Waals surface area contributed by atoms with Crippen molar-refractivity contribution in [3.63, 3.8) is 0 Å². The Balaban J connectivity index is 1.57. The van der Waals surface area contributed by atoms with Gasteiger partial charge in [-0.2, -0.15) is 19.7 Å². The summed E-state index contributed by atoms with van der Waals surface area (Å²) in [5, 5.41) is 8.90. The number of aromatic nitrogens is 5. The minimum atomic E-state index is -0.443. The van der Waals surface area contributed by atoms with E-state index in [1.54, 1.807) is 10.8 Å². The molecule has 10 heteroatoms. The smallest absolute Gasteiger partial charge is 0.295 e. The molecule has 0 radical (unpaired) electrons. The zero-order valence-electron chi connectivity index (χ0n) is 18.0. The summed E-state index contributed by atoms with van der Waals surface area (Å²) in [6.07, 6.45) is 3.61. The molecule has 0 saturated heterocycles. The van der Waals surface area contributed by atoms with Gasteiger partial charge in [0.25, 0.3) is 11.1 Å². The number of ether oxygens (including phenoxy) is 2. The van der Waals surface area contributed by atoms with Crippen molar-refractivity contribution in [1.29, 1.82) is 0 Å². The summed E-state index contributed by atoms with van der Waals surface area (Å²) >= 11 is 1.11. The number of hydrogen-bond donors (Lipinski definition) is 0. The van der Waals surface area contributed by atoms with Gasteiger partial charge >= 0.3 is 0 Å². The molecule has 0 amide bonds. The van der Waals surface area contributed by atoms with Crippen LogP contribution in [-0.4, -0.2) is 37.6 Å². The lowest BCUT2D eigenvalue weighted by Gasteiger charge is -2.18. The summed E-state index contributed by atoms with van der Waals surface area (Å²) in [4.78, 5) is 29.1. The maximum Gasteiger partial charge on any atom is 0.295 e. The van der Waals surface area contributed by atoms with Crippen molar-refractivity contribution in [3.8, 4) is 28.4 Å². The van der Waals surface area contributed by atoms with Crippen molar-refractivity contribution in [3.05, 3.63) is 91.2 Å². The van der Waals surface area contributed by atoms with E-state index in [0.717, 1.165) is 28.2 Å². The van der Waals surface area contributed by atoms with Crippen molar-refractivity contribution >= 4 is 22.4 Å². The maximum absolute atomic E-state index is 13.0. The molecule has 34 heavy (non-hydrogen) atoms. The molecule has 6 rings (SSSR count). The van der Waals surface area contributed by atoms with E-state index in [1.165, 1.54) is 11.4 Å². The molecular formula is C24H17N5O4S. The SMILES string of the molecule is Cc1nn2c(=O)c(=Cc3cn(-c4ccccc4)nc3-c3ccc4c(c3)OCCO4)sc2nc1=O. The zero-order chi connectivity index (χ0) is 23.2. The maximum atomic E-state index is 13.0. The number of nitrogens with zero attached hydrogens (tertiary/aromatic N) is 5. The summed E-state index contributed by atoms with van der Waals surface area (Å²) in [7, 11) is 0. The van der Waals surface area contributed by atoms with Crippen molar-refractivity contribution in [2.75, 3.05) is 13.2 Å². The van der Waals surface area contributed by atoms with Crippen LogP contribution < -0.4 is 25.1 Å². The minimum absolute atomic E-state index is 0.174. The van der Waals surface area contributed by atoms with Crippen LogP contribution in [-0.2, 0) is 0 Å². The molecule has 0 atom stereocenters. The average Bonchev–Trinajstić information content (AvgIpc) is 3.41. The first kappa shape index (κ1) is 20.3. The molecule has 0 N–H and O–H groups in total. The van der Waals surface area contributed by atoms with Gasteiger partial charge in [0.1, 0.15) is 24.6 Å². The molecule has 5 aromatic rings. The van der Waals surface area contributed by atoms with Gasteiger partial charge in [0.05, 0.1) is 10.2 Å². The van der Waals surface area contributed by atoms with E-state index >= 15 is 0 Å². The van der Waals surface area contributed by atoms with Crippen LogP contribution in [0.2, 0.25) is 0 Å². The molecule has 4 heterocycles. The highest BCUT2D eigenvalue weighted by atomic mass is 32.1. The molecule has 1 aliphatic rings. The Hall–Kier alpha value is -4.31. The van der Waals surface area contributed by atoms with Crippen molar-refractivity contribution < 1.29 is 9.47 Å². The van der Waals surface area contributed by atoms with Gasteiger partial charge in [-0.3, -0.25) is 9.59 Å². The van der Waals surface area contributed by atoms with Crippen LogP contribution >= 0.6 is 11.3 Å². The molecule has 0 bridgehead atoms. The van der Waals surface area contributed by atoms with E-state index in [1.807, 2.05) is 54.7 Å². The molecule has 0 spiro atoms. The van der Waals surface area contributed by atoms with Crippen molar-refractivity contribution in [1.82, 2.24) is 24.4 Å². The fourth-order valence-electron chi connectivity index (χ4n) is 3.75. The number of aryl methyl sites for hydroxylation is 1. The molecule has 0 saturated carbocycles. The summed E-state index contributed by atoms with van der Waals surface area (Å²) in [5.74, 6) is 1.34. The van der Waals surface area contributed by atoms with Gasteiger partial charge in [-0.1, -0.05) is 29.5 Å². The van der Waals surface area contributed by atoms with Crippen LogP contribution in [0.1, 0.15) is 11.3 Å². The van der Waals surface area contributed by atoms with Gasteiger partial charge in [-0.15, -0.1) is 0 Å². The Bertz CT molecular complexity index is 1720. The third-order valence-electron chi connectivity index (χ3n) is 5.41. The standard InChI is InChI=1S/C24H17N5O4S/c1-14-22(30)25-24-29(26-14)23(31)20(34-24)12-16-13-28(17-5-3-2-4-6-17)27-21(16)15-7-8-18-19(11-15)33-10-9-32-18/h2-8,11-13H,9-10H2,1H3. The molecule has 3 aromatic heterocycles. The van der Waals surface area contributed by atoms with Gasteiger partial charge in [-0.05, 0) is 43.3 Å². The Morgan fingerprint density at radius 3 is 2.62 bits per heavy atom. The summed E-state index contributed by atoms with van der Waals surface area (Å²) < 4.78 is 14.7.